The molecule has 4 fully saturated rings. The van der Waals surface area contributed by atoms with Crippen LogP contribution in [0.1, 0.15) is 326 Å². The zero-order valence-electron chi connectivity index (χ0n) is 55.3. The smallest absolute Gasteiger partial charge is 0.462 e. The van der Waals surface area contributed by atoms with Crippen molar-refractivity contribution in [2.75, 3.05) is 26.4 Å². The lowest BCUT2D eigenvalue weighted by Crippen LogP contribution is -2.66. The molecule has 5 aliphatic carbocycles. The lowest BCUT2D eigenvalue weighted by atomic mass is 9.33. The first-order valence-corrected chi connectivity index (χ1v) is 36.7. The topological polar surface area (TPSA) is 175 Å². The van der Waals surface area contributed by atoms with Crippen LogP contribution >= 0.6 is 7.82 Å². The number of aliphatic hydroxyl groups is 1. The number of allylic oxidation sites excluding steroid dienone is 2. The molecule has 84 heavy (non-hydrogen) atoms. The lowest BCUT2D eigenvalue weighted by molar-refractivity contribution is -0.202. The number of hydrogen-bond acceptors (Lipinski definition) is 10. The zero-order chi connectivity index (χ0) is 61.3. The molecule has 2 unspecified atom stereocenters. The number of phosphoric acid groups is 1. The summed E-state index contributed by atoms with van der Waals surface area (Å²) in [7, 11) is -4.68. The Morgan fingerprint density at radius 1 is 0.607 bits per heavy atom. The molecular weight excluding hydrogens is 1070 g/mol. The second-order valence-electron chi connectivity index (χ2n) is 29.7. The number of rotatable bonds is 43. The van der Waals surface area contributed by atoms with E-state index in [0.717, 1.165) is 77.0 Å². The number of hydrogen-bond donors (Lipinski definition) is 3. The highest BCUT2D eigenvalue weighted by Gasteiger charge is 2.70. The second kappa shape index (κ2) is 35.3. The molecular formula is C71H126NO11P. The molecule has 0 aromatic heterocycles. The molecule has 4 saturated carbocycles. The predicted molar refractivity (Wildman–Crippen MR) is 340 cm³/mol. The first-order chi connectivity index (χ1) is 40.0. The van der Waals surface area contributed by atoms with Crippen molar-refractivity contribution >= 4 is 31.5 Å². The van der Waals surface area contributed by atoms with Gasteiger partial charge in [0.1, 0.15) is 6.61 Å². The zero-order valence-corrected chi connectivity index (χ0v) is 56.2. The molecule has 13 heteroatoms. The second-order valence-corrected chi connectivity index (χ2v) is 31.1. The maximum Gasteiger partial charge on any atom is 0.472 e. The number of esters is 2. The van der Waals surface area contributed by atoms with Crippen molar-refractivity contribution < 1.29 is 52.3 Å². The van der Waals surface area contributed by atoms with Crippen LogP contribution in [0.15, 0.2) is 11.6 Å². The number of amides is 1. The molecule has 11 atom stereocenters. The quantitative estimate of drug-likeness (QED) is 0.0301. The summed E-state index contributed by atoms with van der Waals surface area (Å²) in [6.45, 7) is 19.3. The third kappa shape index (κ3) is 20.7. The average molecular weight is 1200 g/mol. The van der Waals surface area contributed by atoms with Crippen LogP contribution in [0.4, 0.5) is 0 Å². The van der Waals surface area contributed by atoms with Gasteiger partial charge in [0.05, 0.1) is 19.3 Å². The highest BCUT2D eigenvalue weighted by atomic mass is 31.2. The van der Waals surface area contributed by atoms with Gasteiger partial charge in [0.15, 0.2) is 11.9 Å². The average Bonchev–Trinajstić information content (AvgIpc) is 0.807. The number of aliphatic hydroxyl groups excluding tert-OH is 1. The van der Waals surface area contributed by atoms with E-state index < -0.39 is 37.9 Å². The Bertz CT molecular complexity index is 2080. The van der Waals surface area contributed by atoms with E-state index in [-0.39, 0.29) is 95.2 Å². The van der Waals surface area contributed by atoms with Crippen molar-refractivity contribution in [1.82, 2.24) is 5.32 Å². The third-order valence-electron chi connectivity index (χ3n) is 22.9. The van der Waals surface area contributed by atoms with Crippen LogP contribution in [-0.2, 0) is 42.3 Å². The molecule has 0 saturated heterocycles. The van der Waals surface area contributed by atoms with Gasteiger partial charge in [-0.05, 0) is 116 Å². The van der Waals surface area contributed by atoms with Gasteiger partial charge in [0.2, 0.25) is 5.91 Å². The standard InChI is InChI=1S/C71H126NO11P/c1-10-12-14-16-18-20-22-24-26-28-30-32-34-36-38-40-62(75)80-54-56(83-63(76)41-39-37-35-33-31-29-27-25-23-21-19-17-15-13-11-2)55-82-84(78,79)81-51-50-72-65(77)68(6)47-46-67(5)48-49-70(8)57(58(67)53-68)52-59(73)64-69(7)44-43-61(74)66(3,4)60(69)42-45-71(64,70)9/h52,56,58,60-61,64,74H,10-51,53-55H2,1-9H3,(H,72,77)(H,78,79)/t56?,58-,60-,61-,64+,67+,68-,69-,70+,71+/m0/s1. The molecule has 0 spiro atoms. The van der Waals surface area contributed by atoms with Crippen LogP contribution in [0, 0.1) is 50.2 Å². The highest BCUT2D eigenvalue weighted by Crippen LogP contribution is 2.75. The number of fused-ring (bicyclic) bond motifs is 7. The van der Waals surface area contributed by atoms with Gasteiger partial charge in [-0.3, -0.25) is 28.2 Å². The highest BCUT2D eigenvalue weighted by molar-refractivity contribution is 7.47. The number of carbonyl (C=O) groups is 4. The van der Waals surface area contributed by atoms with Gasteiger partial charge in [0.25, 0.3) is 0 Å². The molecule has 1 amide bonds. The Labute approximate surface area is 512 Å². The van der Waals surface area contributed by atoms with E-state index in [1.54, 1.807) is 0 Å². The number of unbranched alkanes of at least 4 members (excludes halogenated alkanes) is 28. The first-order valence-electron chi connectivity index (χ1n) is 35.2. The predicted octanol–water partition coefficient (Wildman–Crippen LogP) is 18.6. The number of ketones is 1. The van der Waals surface area contributed by atoms with Crippen LogP contribution in [0.5, 0.6) is 0 Å². The minimum Gasteiger partial charge on any atom is -0.462 e. The minimum atomic E-state index is -4.68. The van der Waals surface area contributed by atoms with Crippen LogP contribution in [0.25, 0.3) is 0 Å². The fourth-order valence-electron chi connectivity index (χ4n) is 17.0. The molecule has 3 N–H and O–H groups in total. The molecule has 486 valence electrons. The Balaban J connectivity index is 1.06. The van der Waals surface area contributed by atoms with E-state index in [9.17, 15) is 33.7 Å². The Morgan fingerprint density at radius 2 is 1.08 bits per heavy atom. The van der Waals surface area contributed by atoms with Crippen LogP contribution in [0.3, 0.4) is 0 Å². The largest absolute Gasteiger partial charge is 0.472 e. The van der Waals surface area contributed by atoms with Gasteiger partial charge in [-0.25, -0.2) is 4.57 Å². The summed E-state index contributed by atoms with van der Waals surface area (Å²) in [5, 5.41) is 14.2. The van der Waals surface area contributed by atoms with Gasteiger partial charge >= 0.3 is 19.8 Å². The number of ether oxygens (including phenoxy) is 2. The summed E-state index contributed by atoms with van der Waals surface area (Å²) in [4.78, 5) is 65.9. The monoisotopic (exact) mass is 1200 g/mol. The number of nitrogens with one attached hydrogen (secondary N) is 1. The van der Waals surface area contributed by atoms with Crippen molar-refractivity contribution in [2.24, 2.45) is 50.2 Å². The summed E-state index contributed by atoms with van der Waals surface area (Å²) in [5.74, 6) is -0.610. The minimum absolute atomic E-state index is 0.0255. The van der Waals surface area contributed by atoms with Crippen molar-refractivity contribution in [2.45, 2.75) is 338 Å². The fourth-order valence-corrected chi connectivity index (χ4v) is 17.8. The number of carbonyl (C=O) groups excluding carboxylic acids is 4. The summed E-state index contributed by atoms with van der Waals surface area (Å²) in [6.07, 6.45) is 45.3. The SMILES string of the molecule is CCCCCCCCCCCCCCCCCC(=O)OCC(COP(=O)(O)OCCNC(=O)[C@@]1(C)CC[C@]2(C)CC[C@]3(C)C(=CC(=O)[C@@H]4[C@@]5(C)CC[C@H](O)C(C)(C)[C@@H]5CC[C@]43C)[C@@H]2C1)OC(=O)CCCCCCCCCCCCCCCCC. The molecule has 0 aliphatic heterocycles. The van der Waals surface area contributed by atoms with Crippen LogP contribution < -0.4 is 5.32 Å². The Morgan fingerprint density at radius 3 is 1.60 bits per heavy atom. The van der Waals surface area contributed by atoms with E-state index in [2.05, 4.69) is 60.7 Å². The molecule has 5 rings (SSSR count). The van der Waals surface area contributed by atoms with Crippen molar-refractivity contribution in [3.8, 4) is 0 Å². The summed E-state index contributed by atoms with van der Waals surface area (Å²) < 4.78 is 35.4. The normalized spacial score (nSPS) is 30.0. The van der Waals surface area contributed by atoms with Crippen molar-refractivity contribution in [3.63, 3.8) is 0 Å². The Kier molecular flexibility index (Phi) is 30.5. The van der Waals surface area contributed by atoms with Gasteiger partial charge in [-0.2, -0.15) is 0 Å². The first kappa shape index (κ1) is 72.6. The summed E-state index contributed by atoms with van der Waals surface area (Å²) >= 11 is 0. The van der Waals surface area contributed by atoms with Gasteiger partial charge in [0, 0.05) is 30.7 Å². The van der Waals surface area contributed by atoms with Crippen molar-refractivity contribution in [3.05, 3.63) is 11.6 Å². The molecule has 0 bridgehead atoms. The van der Waals surface area contributed by atoms with Gasteiger partial charge in [-0.15, -0.1) is 0 Å². The molecule has 0 radical (unpaired) electrons. The van der Waals surface area contributed by atoms with Crippen molar-refractivity contribution in [1.29, 1.82) is 0 Å². The lowest BCUT2D eigenvalue weighted by Gasteiger charge is -2.70. The van der Waals surface area contributed by atoms with Crippen LogP contribution in [-0.4, -0.2) is 72.2 Å². The van der Waals surface area contributed by atoms with E-state index >= 15 is 0 Å². The van der Waals surface area contributed by atoms with Crippen LogP contribution in [0.2, 0.25) is 0 Å². The molecule has 12 nitrogen and oxygen atoms in total. The van der Waals surface area contributed by atoms with E-state index in [4.69, 9.17) is 18.5 Å². The number of phosphoric ester groups is 1. The maximum atomic E-state index is 14.8. The third-order valence-corrected chi connectivity index (χ3v) is 23.8. The van der Waals surface area contributed by atoms with Gasteiger partial charge in [-0.1, -0.05) is 248 Å². The summed E-state index contributed by atoms with van der Waals surface area (Å²) in [5.41, 5.74) is -0.462. The molecule has 0 aromatic rings. The molecule has 5 aliphatic rings. The molecule has 0 heterocycles. The van der Waals surface area contributed by atoms with Gasteiger partial charge < -0.3 is 24.8 Å². The van der Waals surface area contributed by atoms with E-state index in [1.165, 1.54) is 147 Å². The van der Waals surface area contributed by atoms with E-state index in [0.29, 0.717) is 32.1 Å². The Hall–Kier alpha value is -2.11. The fraction of sp³-hybridized carbons (Fsp3) is 0.915. The molecule has 0 aromatic carbocycles. The summed E-state index contributed by atoms with van der Waals surface area (Å²) in [6, 6.07) is 0. The van der Waals surface area contributed by atoms with E-state index in [1.807, 2.05) is 13.0 Å². The maximum absolute atomic E-state index is 14.8.